The first kappa shape index (κ1) is 10.0. The highest BCUT2D eigenvalue weighted by atomic mass is 35.5. The molecule has 0 radical (unpaired) electrons. The van der Waals surface area contributed by atoms with Gasteiger partial charge >= 0.3 is 0 Å². The van der Waals surface area contributed by atoms with Crippen LogP contribution in [0.5, 0.6) is 0 Å². The summed E-state index contributed by atoms with van der Waals surface area (Å²) in [7, 11) is 0. The van der Waals surface area contributed by atoms with Crippen LogP contribution in [0.2, 0.25) is 5.02 Å². The molecule has 1 aromatic carbocycles. The van der Waals surface area contributed by atoms with E-state index in [1.165, 1.54) is 0 Å². The van der Waals surface area contributed by atoms with Crippen molar-refractivity contribution in [3.63, 3.8) is 0 Å². The Labute approximate surface area is 81.7 Å². The van der Waals surface area contributed by atoms with Gasteiger partial charge in [-0.3, -0.25) is 4.79 Å². The lowest BCUT2D eigenvalue weighted by molar-refractivity contribution is -0.119. The third kappa shape index (κ3) is 3.05. The van der Waals surface area contributed by atoms with Gasteiger partial charge in [0.15, 0.2) is 0 Å². The lowest BCUT2D eigenvalue weighted by Crippen LogP contribution is -2.38. The highest BCUT2D eigenvalue weighted by Gasteiger charge is 2.09. The molecule has 0 aromatic heterocycles. The van der Waals surface area contributed by atoms with Crippen LogP contribution >= 0.6 is 11.6 Å². The molecule has 3 nitrogen and oxygen atoms in total. The Kier molecular flexibility index (Phi) is 3.28. The van der Waals surface area contributed by atoms with Gasteiger partial charge in [0.25, 0.3) is 0 Å². The van der Waals surface area contributed by atoms with Crippen LogP contribution in [0.15, 0.2) is 24.3 Å². The molecule has 0 unspecified atom stereocenters. The smallest absolute Gasteiger partial charge is 0.234 e. The molecule has 0 aliphatic carbocycles. The van der Waals surface area contributed by atoms with Crippen molar-refractivity contribution in [3.8, 4) is 0 Å². The van der Waals surface area contributed by atoms with Gasteiger partial charge in [-0.05, 0) is 24.1 Å². The molecule has 0 saturated carbocycles. The fraction of sp³-hybridized carbons (Fsp3) is 0.222. The number of rotatable bonds is 3. The fourth-order valence-corrected chi connectivity index (χ4v) is 1.10. The minimum absolute atomic E-state index is 0.451. The van der Waals surface area contributed by atoms with Crippen LogP contribution in [-0.4, -0.2) is 11.9 Å². The molecular formula is C9H11ClN2O. The molecule has 4 N–H and O–H groups in total. The van der Waals surface area contributed by atoms with Crippen molar-refractivity contribution in [2.24, 2.45) is 11.5 Å². The van der Waals surface area contributed by atoms with Gasteiger partial charge in [0.05, 0.1) is 6.04 Å². The first-order valence-corrected chi connectivity index (χ1v) is 4.26. The Hall–Kier alpha value is -1.06. The van der Waals surface area contributed by atoms with Crippen LogP contribution in [0.4, 0.5) is 0 Å². The molecule has 0 saturated heterocycles. The Bertz CT molecular complexity index is 297. The largest absolute Gasteiger partial charge is 0.368 e. The van der Waals surface area contributed by atoms with Crippen molar-refractivity contribution in [2.45, 2.75) is 12.5 Å². The molecule has 1 rings (SSSR count). The lowest BCUT2D eigenvalue weighted by atomic mass is 10.1. The number of hydrogen-bond donors (Lipinski definition) is 2. The van der Waals surface area contributed by atoms with Gasteiger partial charge in [-0.15, -0.1) is 0 Å². The van der Waals surface area contributed by atoms with E-state index in [0.717, 1.165) is 5.56 Å². The third-order valence-corrected chi connectivity index (χ3v) is 1.99. The predicted molar refractivity (Wildman–Crippen MR) is 52.3 cm³/mol. The van der Waals surface area contributed by atoms with Crippen molar-refractivity contribution >= 4 is 17.5 Å². The van der Waals surface area contributed by atoms with Crippen LogP contribution in [0.3, 0.4) is 0 Å². The first-order chi connectivity index (χ1) is 6.09. The van der Waals surface area contributed by atoms with E-state index in [0.29, 0.717) is 11.4 Å². The van der Waals surface area contributed by atoms with E-state index in [1.807, 2.05) is 12.1 Å². The van der Waals surface area contributed by atoms with Crippen molar-refractivity contribution in [3.05, 3.63) is 34.9 Å². The summed E-state index contributed by atoms with van der Waals surface area (Å²) in [6.45, 7) is 0. The molecule has 0 spiro atoms. The molecule has 0 fully saturated rings. The standard InChI is InChI=1S/C9H11ClN2O/c10-7-3-1-6(2-4-7)5-8(11)9(12)13/h1-4,8H,5,11H2,(H2,12,13)/t8-/m0/s1. The molecule has 1 atom stereocenters. The number of halogens is 1. The normalized spacial score (nSPS) is 12.5. The zero-order valence-electron chi connectivity index (χ0n) is 7.03. The lowest BCUT2D eigenvalue weighted by Gasteiger charge is -2.06. The maximum Gasteiger partial charge on any atom is 0.234 e. The zero-order chi connectivity index (χ0) is 9.84. The summed E-state index contributed by atoms with van der Waals surface area (Å²) in [5.41, 5.74) is 11.5. The summed E-state index contributed by atoms with van der Waals surface area (Å²) in [6.07, 6.45) is 0.451. The average Bonchev–Trinajstić information content (AvgIpc) is 2.08. The van der Waals surface area contributed by atoms with E-state index in [-0.39, 0.29) is 0 Å². The van der Waals surface area contributed by atoms with E-state index < -0.39 is 11.9 Å². The number of carbonyl (C=O) groups excluding carboxylic acids is 1. The van der Waals surface area contributed by atoms with Crippen molar-refractivity contribution in [1.82, 2.24) is 0 Å². The van der Waals surface area contributed by atoms with Crippen molar-refractivity contribution < 1.29 is 4.79 Å². The molecule has 13 heavy (non-hydrogen) atoms. The fourth-order valence-electron chi connectivity index (χ4n) is 0.975. The number of benzene rings is 1. The maximum absolute atomic E-state index is 10.6. The summed E-state index contributed by atoms with van der Waals surface area (Å²) in [6, 6.07) is 6.53. The SMILES string of the molecule is NC(=O)[C@@H](N)Cc1ccc(Cl)cc1. The molecule has 0 aliphatic rings. The van der Waals surface area contributed by atoms with Gasteiger partial charge < -0.3 is 11.5 Å². The number of nitrogens with two attached hydrogens (primary N) is 2. The van der Waals surface area contributed by atoms with Gasteiger partial charge in [-0.1, -0.05) is 23.7 Å². The highest BCUT2D eigenvalue weighted by Crippen LogP contribution is 2.10. The molecule has 1 amide bonds. The molecule has 0 aliphatic heterocycles. The predicted octanol–water partition coefficient (Wildman–Crippen LogP) is 0.695. The van der Waals surface area contributed by atoms with Crippen LogP contribution in [0, 0.1) is 0 Å². The summed E-state index contributed by atoms with van der Waals surface area (Å²) < 4.78 is 0. The summed E-state index contributed by atoms with van der Waals surface area (Å²) in [4.78, 5) is 10.6. The Morgan fingerprint density at radius 3 is 2.38 bits per heavy atom. The second-order valence-electron chi connectivity index (χ2n) is 2.84. The van der Waals surface area contributed by atoms with Crippen molar-refractivity contribution in [2.75, 3.05) is 0 Å². The van der Waals surface area contributed by atoms with Crippen LogP contribution in [0.25, 0.3) is 0 Å². The van der Waals surface area contributed by atoms with E-state index >= 15 is 0 Å². The quantitative estimate of drug-likeness (QED) is 0.751. The Balaban J connectivity index is 2.64. The van der Waals surface area contributed by atoms with Gasteiger partial charge in [-0.25, -0.2) is 0 Å². The average molecular weight is 199 g/mol. The first-order valence-electron chi connectivity index (χ1n) is 3.89. The second-order valence-corrected chi connectivity index (χ2v) is 3.28. The van der Waals surface area contributed by atoms with Crippen LogP contribution in [-0.2, 0) is 11.2 Å². The highest BCUT2D eigenvalue weighted by molar-refractivity contribution is 6.30. The Morgan fingerprint density at radius 1 is 1.38 bits per heavy atom. The van der Waals surface area contributed by atoms with E-state index in [4.69, 9.17) is 23.1 Å². The molecule has 4 heteroatoms. The van der Waals surface area contributed by atoms with E-state index in [1.54, 1.807) is 12.1 Å². The second kappa shape index (κ2) is 4.25. The maximum atomic E-state index is 10.6. The monoisotopic (exact) mass is 198 g/mol. The van der Waals surface area contributed by atoms with Crippen LogP contribution in [0.1, 0.15) is 5.56 Å². The molecule has 0 bridgehead atoms. The molecule has 70 valence electrons. The topological polar surface area (TPSA) is 69.1 Å². The zero-order valence-corrected chi connectivity index (χ0v) is 7.79. The Morgan fingerprint density at radius 2 is 1.92 bits per heavy atom. The molecule has 0 heterocycles. The molecule has 1 aromatic rings. The van der Waals surface area contributed by atoms with Crippen LogP contribution < -0.4 is 11.5 Å². The summed E-state index contributed by atoms with van der Waals surface area (Å²) in [5.74, 6) is -0.491. The van der Waals surface area contributed by atoms with Gasteiger partial charge in [0.1, 0.15) is 0 Å². The summed E-state index contributed by atoms with van der Waals surface area (Å²) in [5, 5.41) is 0.663. The van der Waals surface area contributed by atoms with Gasteiger partial charge in [-0.2, -0.15) is 0 Å². The van der Waals surface area contributed by atoms with Gasteiger partial charge in [0.2, 0.25) is 5.91 Å². The summed E-state index contributed by atoms with van der Waals surface area (Å²) >= 11 is 5.69. The minimum Gasteiger partial charge on any atom is -0.368 e. The minimum atomic E-state index is -0.624. The number of primary amides is 1. The number of amides is 1. The molecular weight excluding hydrogens is 188 g/mol. The third-order valence-electron chi connectivity index (χ3n) is 1.73. The van der Waals surface area contributed by atoms with E-state index in [2.05, 4.69) is 0 Å². The number of carbonyl (C=O) groups is 1. The number of hydrogen-bond acceptors (Lipinski definition) is 2. The van der Waals surface area contributed by atoms with Gasteiger partial charge in [0, 0.05) is 5.02 Å². The van der Waals surface area contributed by atoms with E-state index in [9.17, 15) is 4.79 Å². The van der Waals surface area contributed by atoms with Crippen molar-refractivity contribution in [1.29, 1.82) is 0 Å².